The molecule has 0 atom stereocenters. The van der Waals surface area contributed by atoms with Crippen LogP contribution >= 0.6 is 0 Å². The first-order valence-electron chi connectivity index (χ1n) is 6.36. The van der Waals surface area contributed by atoms with Crippen molar-refractivity contribution in [1.82, 2.24) is 5.43 Å². The van der Waals surface area contributed by atoms with Crippen molar-refractivity contribution >= 4 is 12.1 Å². The standard InChI is InChI=1S/C15H16N2O5/c1-19-12-8-14(21-3)13(20-2)7-10(12)9-16-17-15(18)11-5-4-6-22-11/h4-9H,1-3H3,(H,17,18). The van der Waals surface area contributed by atoms with Gasteiger partial charge < -0.3 is 18.6 Å². The Bertz CT molecular complexity index is 665. The molecule has 0 aliphatic carbocycles. The monoisotopic (exact) mass is 304 g/mol. The van der Waals surface area contributed by atoms with Crippen molar-refractivity contribution < 1.29 is 23.4 Å². The molecule has 0 fully saturated rings. The number of furan rings is 1. The van der Waals surface area contributed by atoms with Gasteiger partial charge in [-0.05, 0) is 18.2 Å². The molecule has 116 valence electrons. The molecule has 1 amide bonds. The van der Waals surface area contributed by atoms with E-state index in [4.69, 9.17) is 18.6 Å². The van der Waals surface area contributed by atoms with E-state index < -0.39 is 5.91 Å². The summed E-state index contributed by atoms with van der Waals surface area (Å²) in [6, 6.07) is 6.53. The molecule has 1 aromatic carbocycles. The van der Waals surface area contributed by atoms with Crippen molar-refractivity contribution in [3.05, 3.63) is 41.9 Å². The van der Waals surface area contributed by atoms with Crippen LogP contribution in [0.25, 0.3) is 0 Å². The van der Waals surface area contributed by atoms with Crippen molar-refractivity contribution in [3.63, 3.8) is 0 Å². The van der Waals surface area contributed by atoms with Crippen molar-refractivity contribution in [2.24, 2.45) is 5.10 Å². The number of hydrogen-bond donors (Lipinski definition) is 1. The molecule has 1 heterocycles. The Morgan fingerprint density at radius 3 is 2.41 bits per heavy atom. The van der Waals surface area contributed by atoms with Gasteiger partial charge >= 0.3 is 5.91 Å². The minimum Gasteiger partial charge on any atom is -0.496 e. The van der Waals surface area contributed by atoms with E-state index in [0.29, 0.717) is 22.8 Å². The SMILES string of the molecule is COc1cc(OC)c(OC)cc1C=NNC(=O)c1ccco1. The van der Waals surface area contributed by atoms with Gasteiger partial charge in [0.2, 0.25) is 0 Å². The predicted octanol–water partition coefficient (Wildman–Crippen LogP) is 2.07. The Hall–Kier alpha value is -2.96. The maximum atomic E-state index is 11.7. The van der Waals surface area contributed by atoms with Gasteiger partial charge in [-0.1, -0.05) is 0 Å². The summed E-state index contributed by atoms with van der Waals surface area (Å²) >= 11 is 0. The van der Waals surface area contributed by atoms with E-state index in [-0.39, 0.29) is 5.76 Å². The number of carbonyl (C=O) groups excluding carboxylic acids is 1. The molecule has 1 aromatic heterocycles. The van der Waals surface area contributed by atoms with E-state index in [2.05, 4.69) is 10.5 Å². The summed E-state index contributed by atoms with van der Waals surface area (Å²) in [4.78, 5) is 11.7. The van der Waals surface area contributed by atoms with E-state index in [1.807, 2.05) is 0 Å². The number of rotatable bonds is 6. The van der Waals surface area contributed by atoms with Crippen LogP contribution in [-0.4, -0.2) is 33.5 Å². The maximum Gasteiger partial charge on any atom is 0.307 e. The van der Waals surface area contributed by atoms with Gasteiger partial charge in [0.25, 0.3) is 0 Å². The summed E-state index contributed by atoms with van der Waals surface area (Å²) in [6.45, 7) is 0. The minimum atomic E-state index is -0.444. The highest BCUT2D eigenvalue weighted by Gasteiger charge is 2.11. The Morgan fingerprint density at radius 1 is 1.14 bits per heavy atom. The number of amides is 1. The molecule has 0 saturated carbocycles. The molecule has 0 unspecified atom stereocenters. The quantitative estimate of drug-likeness (QED) is 0.652. The van der Waals surface area contributed by atoms with Gasteiger partial charge in [-0.3, -0.25) is 4.79 Å². The Morgan fingerprint density at radius 2 is 1.82 bits per heavy atom. The van der Waals surface area contributed by atoms with Crippen LogP contribution in [0.1, 0.15) is 16.1 Å². The molecule has 22 heavy (non-hydrogen) atoms. The third kappa shape index (κ3) is 3.38. The summed E-state index contributed by atoms with van der Waals surface area (Å²) in [7, 11) is 4.60. The highest BCUT2D eigenvalue weighted by atomic mass is 16.5. The van der Waals surface area contributed by atoms with Crippen LogP contribution in [0.4, 0.5) is 0 Å². The molecule has 7 heteroatoms. The number of benzene rings is 1. The van der Waals surface area contributed by atoms with Crippen molar-refractivity contribution in [2.45, 2.75) is 0 Å². The lowest BCUT2D eigenvalue weighted by Gasteiger charge is -2.11. The Labute approximate surface area is 127 Å². The second kappa shape index (κ2) is 7.16. The van der Waals surface area contributed by atoms with E-state index in [1.165, 1.54) is 33.8 Å². The third-order valence-corrected chi connectivity index (χ3v) is 2.85. The molecular formula is C15H16N2O5. The first kappa shape index (κ1) is 15.4. The van der Waals surface area contributed by atoms with Crippen LogP contribution in [0.15, 0.2) is 40.0 Å². The van der Waals surface area contributed by atoms with Gasteiger partial charge in [0.05, 0.1) is 33.8 Å². The molecule has 0 bridgehead atoms. The molecule has 0 aliphatic rings. The fourth-order valence-corrected chi connectivity index (χ4v) is 1.78. The van der Waals surface area contributed by atoms with Crippen molar-refractivity contribution in [2.75, 3.05) is 21.3 Å². The van der Waals surface area contributed by atoms with Gasteiger partial charge in [-0.15, -0.1) is 0 Å². The molecule has 7 nitrogen and oxygen atoms in total. The van der Waals surface area contributed by atoms with Crippen molar-refractivity contribution in [1.29, 1.82) is 0 Å². The van der Waals surface area contributed by atoms with Crippen molar-refractivity contribution in [3.8, 4) is 17.2 Å². The van der Waals surface area contributed by atoms with E-state index in [1.54, 1.807) is 24.3 Å². The van der Waals surface area contributed by atoms with E-state index >= 15 is 0 Å². The lowest BCUT2D eigenvalue weighted by atomic mass is 10.2. The molecule has 2 rings (SSSR count). The molecular weight excluding hydrogens is 288 g/mol. The zero-order chi connectivity index (χ0) is 15.9. The van der Waals surface area contributed by atoms with Gasteiger partial charge in [0.1, 0.15) is 5.75 Å². The van der Waals surface area contributed by atoms with Crippen LogP contribution in [0, 0.1) is 0 Å². The number of hydrazone groups is 1. The lowest BCUT2D eigenvalue weighted by molar-refractivity contribution is 0.0927. The third-order valence-electron chi connectivity index (χ3n) is 2.85. The zero-order valence-corrected chi connectivity index (χ0v) is 12.5. The summed E-state index contributed by atoms with van der Waals surface area (Å²) in [5.41, 5.74) is 2.98. The second-order valence-electron chi connectivity index (χ2n) is 4.13. The Kier molecular flexibility index (Phi) is 5.02. The normalized spacial score (nSPS) is 10.5. The molecule has 0 saturated heterocycles. The molecule has 2 aromatic rings. The number of ether oxygens (including phenoxy) is 3. The number of methoxy groups -OCH3 is 3. The first-order valence-corrected chi connectivity index (χ1v) is 6.36. The summed E-state index contributed by atoms with van der Waals surface area (Å²) < 4.78 is 20.6. The summed E-state index contributed by atoms with van der Waals surface area (Å²) in [6.07, 6.45) is 2.86. The molecule has 0 aliphatic heterocycles. The summed E-state index contributed by atoms with van der Waals surface area (Å²) in [5.74, 6) is 1.34. The largest absolute Gasteiger partial charge is 0.496 e. The maximum absolute atomic E-state index is 11.7. The number of hydrogen-bond acceptors (Lipinski definition) is 6. The molecule has 0 spiro atoms. The highest BCUT2D eigenvalue weighted by Crippen LogP contribution is 2.33. The highest BCUT2D eigenvalue weighted by molar-refractivity contribution is 5.92. The second-order valence-corrected chi connectivity index (χ2v) is 4.13. The topological polar surface area (TPSA) is 82.3 Å². The lowest BCUT2D eigenvalue weighted by Crippen LogP contribution is -2.16. The number of nitrogens with zero attached hydrogens (tertiary/aromatic N) is 1. The smallest absolute Gasteiger partial charge is 0.307 e. The fraction of sp³-hybridized carbons (Fsp3) is 0.200. The van der Waals surface area contributed by atoms with Crippen LogP contribution in [0.2, 0.25) is 0 Å². The van der Waals surface area contributed by atoms with Gasteiger partial charge in [0.15, 0.2) is 17.3 Å². The number of carbonyl (C=O) groups is 1. The zero-order valence-electron chi connectivity index (χ0n) is 12.5. The van der Waals surface area contributed by atoms with Crippen LogP contribution < -0.4 is 19.6 Å². The van der Waals surface area contributed by atoms with Gasteiger partial charge in [-0.25, -0.2) is 5.43 Å². The summed E-state index contributed by atoms with van der Waals surface area (Å²) in [5, 5.41) is 3.88. The minimum absolute atomic E-state index is 0.177. The predicted molar refractivity (Wildman–Crippen MR) is 79.9 cm³/mol. The fourth-order valence-electron chi connectivity index (χ4n) is 1.78. The van der Waals surface area contributed by atoms with Gasteiger partial charge in [-0.2, -0.15) is 5.10 Å². The van der Waals surface area contributed by atoms with Gasteiger partial charge in [0, 0.05) is 11.6 Å². The van der Waals surface area contributed by atoms with Crippen LogP contribution in [0.3, 0.4) is 0 Å². The molecule has 1 N–H and O–H groups in total. The number of nitrogens with one attached hydrogen (secondary N) is 1. The Balaban J connectivity index is 2.17. The van der Waals surface area contributed by atoms with Crippen LogP contribution in [-0.2, 0) is 0 Å². The van der Waals surface area contributed by atoms with E-state index in [9.17, 15) is 4.79 Å². The average molecular weight is 304 g/mol. The molecule has 0 radical (unpaired) electrons. The average Bonchev–Trinajstić information content (AvgIpc) is 3.08. The first-order chi connectivity index (χ1) is 10.7. The van der Waals surface area contributed by atoms with Crippen LogP contribution in [0.5, 0.6) is 17.2 Å². The van der Waals surface area contributed by atoms with E-state index in [0.717, 1.165) is 0 Å².